The molecule has 0 aliphatic rings. The number of nitrogens with zero attached hydrogens (tertiary/aromatic N) is 2. The number of thioether (sulfide) groups is 1. The van der Waals surface area contributed by atoms with Gasteiger partial charge < -0.3 is 21.5 Å². The molecular weight excluding hydrogens is 395 g/mol. The summed E-state index contributed by atoms with van der Waals surface area (Å²) < 4.78 is 44.2. The number of aromatic nitrogens is 2. The van der Waals surface area contributed by atoms with Crippen molar-refractivity contribution in [2.75, 3.05) is 23.0 Å². The second kappa shape index (κ2) is 8.55. The van der Waals surface area contributed by atoms with Crippen molar-refractivity contribution in [3.05, 3.63) is 29.8 Å². The first kappa shape index (κ1) is 21.6. The fourth-order valence-corrected chi connectivity index (χ4v) is 2.78. The van der Waals surface area contributed by atoms with E-state index in [0.717, 1.165) is 12.1 Å². The Balaban J connectivity index is 2.26. The van der Waals surface area contributed by atoms with E-state index < -0.39 is 23.8 Å². The summed E-state index contributed by atoms with van der Waals surface area (Å²) in [5.41, 5.74) is 10.8. The number of amides is 1. The number of anilines is 3. The second-order valence-corrected chi connectivity index (χ2v) is 6.96. The number of halogens is 3. The molecule has 0 spiro atoms. The summed E-state index contributed by atoms with van der Waals surface area (Å²) in [5, 5.41) is 2.83. The van der Waals surface area contributed by atoms with Crippen LogP contribution in [0.4, 0.5) is 30.5 Å². The highest BCUT2D eigenvalue weighted by Gasteiger charge is 2.31. The van der Waals surface area contributed by atoms with E-state index >= 15 is 0 Å². The van der Waals surface area contributed by atoms with Crippen LogP contribution in [0.3, 0.4) is 0 Å². The molecule has 5 N–H and O–H groups in total. The molecule has 0 aliphatic heterocycles. The molecule has 2 aromatic rings. The van der Waals surface area contributed by atoms with Crippen LogP contribution in [0.2, 0.25) is 0 Å². The first-order valence-electron chi connectivity index (χ1n) is 8.14. The summed E-state index contributed by atoms with van der Waals surface area (Å²) in [7, 11) is 0. The molecule has 1 aromatic heterocycles. The third-order valence-corrected chi connectivity index (χ3v) is 4.34. The predicted molar refractivity (Wildman–Crippen MR) is 102 cm³/mol. The van der Waals surface area contributed by atoms with E-state index in [1.165, 1.54) is 23.9 Å². The van der Waals surface area contributed by atoms with Gasteiger partial charge in [0.2, 0.25) is 11.8 Å². The van der Waals surface area contributed by atoms with Gasteiger partial charge in [-0.2, -0.15) is 18.2 Å². The van der Waals surface area contributed by atoms with Crippen molar-refractivity contribution in [1.82, 2.24) is 9.97 Å². The number of rotatable bonds is 6. The Morgan fingerprint density at radius 2 is 1.93 bits per heavy atom. The van der Waals surface area contributed by atoms with E-state index in [4.69, 9.17) is 16.2 Å². The van der Waals surface area contributed by atoms with Gasteiger partial charge in [0.05, 0.1) is 5.56 Å². The van der Waals surface area contributed by atoms with Crippen molar-refractivity contribution in [2.45, 2.75) is 31.2 Å². The minimum atomic E-state index is -4.52. The van der Waals surface area contributed by atoms with Gasteiger partial charge in [-0.15, -0.1) is 11.8 Å². The van der Waals surface area contributed by atoms with E-state index in [2.05, 4.69) is 15.3 Å². The Bertz CT molecular complexity index is 861. The average molecular weight is 415 g/mol. The lowest BCUT2D eigenvalue weighted by molar-refractivity contribution is -0.137. The number of nitrogens with one attached hydrogen (secondary N) is 1. The molecule has 11 heteroatoms. The molecule has 0 aliphatic carbocycles. The largest absolute Gasteiger partial charge is 0.462 e. The number of carbonyl (C=O) groups excluding carboxylic acids is 1. The molecule has 1 heterocycles. The molecular formula is C17H20F3N5O2S. The van der Waals surface area contributed by atoms with Crippen LogP contribution in [0.15, 0.2) is 29.3 Å². The lowest BCUT2D eigenvalue weighted by Crippen LogP contribution is -2.37. The molecule has 0 radical (unpaired) electrons. The van der Waals surface area contributed by atoms with Crippen molar-refractivity contribution >= 4 is 35.0 Å². The number of hydrogen-bond acceptors (Lipinski definition) is 7. The topological polar surface area (TPSA) is 116 Å². The maximum absolute atomic E-state index is 12.9. The molecule has 152 valence electrons. The van der Waals surface area contributed by atoms with Gasteiger partial charge in [-0.05, 0) is 30.4 Å². The van der Waals surface area contributed by atoms with Gasteiger partial charge >= 0.3 is 6.18 Å². The zero-order valence-electron chi connectivity index (χ0n) is 15.4. The number of alkyl halides is 3. The van der Waals surface area contributed by atoms with Crippen LogP contribution in [-0.4, -0.2) is 28.2 Å². The first-order valence-corrected chi connectivity index (χ1v) is 9.37. The Kier molecular flexibility index (Phi) is 6.60. The zero-order chi connectivity index (χ0) is 21.1. The Morgan fingerprint density at radius 3 is 2.50 bits per heavy atom. The summed E-state index contributed by atoms with van der Waals surface area (Å²) in [6, 6.07) is 4.32. The van der Waals surface area contributed by atoms with Crippen LogP contribution in [0.25, 0.3) is 0 Å². The van der Waals surface area contributed by atoms with E-state index in [9.17, 15) is 18.0 Å². The van der Waals surface area contributed by atoms with Crippen LogP contribution < -0.4 is 21.5 Å². The Labute approximate surface area is 164 Å². The lowest BCUT2D eigenvalue weighted by atomic mass is 10.1. The molecule has 0 saturated heterocycles. The molecule has 0 fully saturated rings. The Hall–Kier alpha value is -2.69. The number of hydrogen-bond donors (Lipinski definition) is 3. The van der Waals surface area contributed by atoms with E-state index in [1.807, 2.05) is 0 Å². The van der Waals surface area contributed by atoms with Crippen LogP contribution in [0, 0.1) is 5.92 Å². The molecule has 1 atom stereocenters. The van der Waals surface area contributed by atoms with Gasteiger partial charge in [0.1, 0.15) is 10.7 Å². The van der Waals surface area contributed by atoms with Gasteiger partial charge in [0.25, 0.3) is 5.91 Å². The van der Waals surface area contributed by atoms with Crippen molar-refractivity contribution in [2.24, 2.45) is 5.92 Å². The van der Waals surface area contributed by atoms with Crippen LogP contribution in [0.5, 0.6) is 5.88 Å². The third-order valence-electron chi connectivity index (χ3n) is 3.65. The summed E-state index contributed by atoms with van der Waals surface area (Å²) in [4.78, 5) is 20.5. The average Bonchev–Trinajstić information content (AvgIpc) is 2.61. The second-order valence-electron chi connectivity index (χ2n) is 6.16. The van der Waals surface area contributed by atoms with Crippen molar-refractivity contribution in [1.29, 1.82) is 0 Å². The molecule has 2 rings (SSSR count). The highest BCUT2D eigenvalue weighted by Crippen LogP contribution is 2.32. The van der Waals surface area contributed by atoms with E-state index in [-0.39, 0.29) is 29.1 Å². The summed E-state index contributed by atoms with van der Waals surface area (Å²) in [5.74, 6) is -1.11. The molecule has 0 saturated carbocycles. The highest BCUT2D eigenvalue weighted by molar-refractivity contribution is 7.98. The van der Waals surface area contributed by atoms with Crippen LogP contribution >= 0.6 is 11.8 Å². The molecule has 1 aromatic carbocycles. The highest BCUT2D eigenvalue weighted by atomic mass is 32.2. The monoisotopic (exact) mass is 415 g/mol. The minimum absolute atomic E-state index is 0.00551. The number of ether oxygens (including phenoxy) is 1. The molecule has 28 heavy (non-hydrogen) atoms. The van der Waals surface area contributed by atoms with E-state index in [1.54, 1.807) is 20.1 Å². The first-order chi connectivity index (χ1) is 13.0. The maximum Gasteiger partial charge on any atom is 0.416 e. The number of nitrogen functional groups attached to an aromatic ring is 2. The number of nitrogens with two attached hydrogens (primary N) is 2. The summed E-state index contributed by atoms with van der Waals surface area (Å²) in [6.07, 6.45) is -3.85. The third kappa shape index (κ3) is 5.18. The van der Waals surface area contributed by atoms with Crippen molar-refractivity contribution < 1.29 is 22.7 Å². The number of carbonyl (C=O) groups is 1. The molecule has 7 nitrogen and oxygen atoms in total. The van der Waals surface area contributed by atoms with Gasteiger partial charge in [0.15, 0.2) is 6.10 Å². The molecule has 1 amide bonds. The quantitative estimate of drug-likeness (QED) is 0.489. The smallest absolute Gasteiger partial charge is 0.416 e. The maximum atomic E-state index is 12.9. The normalized spacial score (nSPS) is 12.7. The standard InChI is InChI=1S/C17H20F3N5O2S/c1-8(2)12(27-14-11(21)15(28-3)25-16(22)24-14)13(26)23-10-6-4-5-9(7-10)17(18,19)20/h4-8,12H,21H2,1-3H3,(H,23,26)(H2,22,24,25)/t12-/m1/s1. The van der Waals surface area contributed by atoms with E-state index in [0.29, 0.717) is 5.03 Å². The molecule has 0 bridgehead atoms. The van der Waals surface area contributed by atoms with Gasteiger partial charge in [-0.25, -0.2) is 4.98 Å². The predicted octanol–water partition coefficient (Wildman–Crippen LogP) is 3.42. The van der Waals surface area contributed by atoms with Gasteiger partial charge in [-0.3, -0.25) is 4.79 Å². The fourth-order valence-electron chi connectivity index (χ4n) is 2.29. The van der Waals surface area contributed by atoms with Crippen LogP contribution in [0.1, 0.15) is 19.4 Å². The zero-order valence-corrected chi connectivity index (χ0v) is 16.2. The SMILES string of the molecule is CSc1nc(N)nc(O[C@@H](C(=O)Nc2cccc(C(F)(F)F)c2)C(C)C)c1N. The summed E-state index contributed by atoms with van der Waals surface area (Å²) in [6.45, 7) is 3.43. The fraction of sp³-hybridized carbons (Fsp3) is 0.353. The van der Waals surface area contributed by atoms with Gasteiger partial charge in [0, 0.05) is 5.69 Å². The van der Waals surface area contributed by atoms with Crippen molar-refractivity contribution in [3.63, 3.8) is 0 Å². The van der Waals surface area contributed by atoms with Gasteiger partial charge in [-0.1, -0.05) is 19.9 Å². The van der Waals surface area contributed by atoms with Crippen molar-refractivity contribution in [3.8, 4) is 5.88 Å². The number of benzene rings is 1. The molecule has 0 unspecified atom stereocenters. The minimum Gasteiger partial charge on any atom is -0.462 e. The lowest BCUT2D eigenvalue weighted by Gasteiger charge is -2.22. The summed E-state index contributed by atoms with van der Waals surface area (Å²) >= 11 is 1.23. The Morgan fingerprint density at radius 1 is 1.25 bits per heavy atom. The van der Waals surface area contributed by atoms with Crippen LogP contribution in [-0.2, 0) is 11.0 Å².